The van der Waals surface area contributed by atoms with E-state index in [-0.39, 0.29) is 5.91 Å². The molecule has 2 aromatic heterocycles. The molecule has 1 aliphatic heterocycles. The van der Waals surface area contributed by atoms with Crippen molar-refractivity contribution in [3.05, 3.63) is 59.5 Å². The molecular formula is C19H18N6O. The zero-order valence-electron chi connectivity index (χ0n) is 14.5. The SMILES string of the molecule is Cc1c(C(=O)N2CCN(c3ccccc3C#N)CC2)cnc2ccnn12. The molecule has 0 radical (unpaired) electrons. The van der Waals surface area contributed by atoms with Crippen LogP contribution in [0.4, 0.5) is 5.69 Å². The Morgan fingerprint density at radius 2 is 1.92 bits per heavy atom. The van der Waals surface area contributed by atoms with E-state index in [2.05, 4.69) is 21.1 Å². The van der Waals surface area contributed by atoms with E-state index in [1.54, 1.807) is 16.9 Å². The number of nitrogens with zero attached hydrogens (tertiary/aromatic N) is 6. The van der Waals surface area contributed by atoms with Crippen LogP contribution < -0.4 is 4.90 Å². The van der Waals surface area contributed by atoms with Gasteiger partial charge in [0.1, 0.15) is 6.07 Å². The molecule has 3 heterocycles. The summed E-state index contributed by atoms with van der Waals surface area (Å²) in [6.45, 7) is 4.49. The van der Waals surface area contributed by atoms with Crippen molar-refractivity contribution in [1.82, 2.24) is 19.5 Å². The van der Waals surface area contributed by atoms with Gasteiger partial charge in [-0.25, -0.2) is 9.50 Å². The summed E-state index contributed by atoms with van der Waals surface area (Å²) >= 11 is 0. The second-order valence-corrected chi connectivity index (χ2v) is 6.27. The molecule has 0 bridgehead atoms. The summed E-state index contributed by atoms with van der Waals surface area (Å²) < 4.78 is 1.69. The minimum absolute atomic E-state index is 0.0272. The molecule has 0 N–H and O–H groups in total. The molecule has 0 spiro atoms. The molecule has 1 aliphatic rings. The van der Waals surface area contributed by atoms with Gasteiger partial charge in [0.25, 0.3) is 5.91 Å². The number of anilines is 1. The molecule has 1 fully saturated rings. The lowest BCUT2D eigenvalue weighted by atomic mass is 10.1. The number of para-hydroxylation sites is 1. The molecule has 1 amide bonds. The smallest absolute Gasteiger partial charge is 0.257 e. The second-order valence-electron chi connectivity index (χ2n) is 6.27. The highest BCUT2D eigenvalue weighted by Gasteiger charge is 2.25. The van der Waals surface area contributed by atoms with Crippen molar-refractivity contribution in [2.45, 2.75) is 6.92 Å². The minimum atomic E-state index is -0.0272. The summed E-state index contributed by atoms with van der Waals surface area (Å²) in [6.07, 6.45) is 3.31. The van der Waals surface area contributed by atoms with Crippen LogP contribution in [0.3, 0.4) is 0 Å². The normalized spacial score (nSPS) is 14.5. The Morgan fingerprint density at radius 3 is 2.69 bits per heavy atom. The number of aromatic nitrogens is 3. The van der Waals surface area contributed by atoms with E-state index in [1.807, 2.05) is 42.2 Å². The number of benzene rings is 1. The highest BCUT2D eigenvalue weighted by Crippen LogP contribution is 2.22. The number of carbonyl (C=O) groups is 1. The van der Waals surface area contributed by atoms with Crippen LogP contribution in [0, 0.1) is 18.3 Å². The highest BCUT2D eigenvalue weighted by atomic mass is 16.2. The second kappa shape index (κ2) is 6.48. The van der Waals surface area contributed by atoms with Gasteiger partial charge < -0.3 is 9.80 Å². The number of nitriles is 1. The molecule has 3 aromatic rings. The predicted octanol–water partition coefficient (Wildman–Crippen LogP) is 1.87. The maximum absolute atomic E-state index is 12.9. The number of hydrogen-bond acceptors (Lipinski definition) is 5. The van der Waals surface area contributed by atoms with Gasteiger partial charge in [-0.15, -0.1) is 0 Å². The van der Waals surface area contributed by atoms with Gasteiger partial charge in [-0.2, -0.15) is 10.4 Å². The molecule has 0 unspecified atom stereocenters. The van der Waals surface area contributed by atoms with Crippen LogP contribution in [0.2, 0.25) is 0 Å². The first kappa shape index (κ1) is 16.1. The predicted molar refractivity (Wildman–Crippen MR) is 97.0 cm³/mol. The lowest BCUT2D eigenvalue weighted by molar-refractivity contribution is 0.0745. The van der Waals surface area contributed by atoms with Crippen molar-refractivity contribution in [3.63, 3.8) is 0 Å². The molecule has 0 aliphatic carbocycles. The maximum Gasteiger partial charge on any atom is 0.257 e. The van der Waals surface area contributed by atoms with Crippen LogP contribution in [0.15, 0.2) is 42.7 Å². The summed E-state index contributed by atoms with van der Waals surface area (Å²) in [4.78, 5) is 21.2. The van der Waals surface area contributed by atoms with Gasteiger partial charge in [0, 0.05) is 38.4 Å². The number of amides is 1. The fraction of sp³-hybridized carbons (Fsp3) is 0.263. The Kier molecular flexibility index (Phi) is 4.01. The topological polar surface area (TPSA) is 77.5 Å². The Bertz CT molecular complexity index is 1010. The van der Waals surface area contributed by atoms with Gasteiger partial charge in [0.05, 0.1) is 28.7 Å². The lowest BCUT2D eigenvalue weighted by Crippen LogP contribution is -2.49. The van der Waals surface area contributed by atoms with Crippen LogP contribution in [0.1, 0.15) is 21.6 Å². The largest absolute Gasteiger partial charge is 0.367 e. The molecule has 0 saturated carbocycles. The summed E-state index contributed by atoms with van der Waals surface area (Å²) in [6, 6.07) is 11.6. The lowest BCUT2D eigenvalue weighted by Gasteiger charge is -2.36. The van der Waals surface area contributed by atoms with Gasteiger partial charge in [0.15, 0.2) is 5.65 Å². The van der Waals surface area contributed by atoms with E-state index in [0.29, 0.717) is 37.3 Å². The van der Waals surface area contributed by atoms with Crippen molar-refractivity contribution < 1.29 is 4.79 Å². The van der Waals surface area contributed by atoms with E-state index >= 15 is 0 Å². The molecule has 1 aromatic carbocycles. The van der Waals surface area contributed by atoms with E-state index in [0.717, 1.165) is 17.0 Å². The zero-order chi connectivity index (χ0) is 18.1. The Morgan fingerprint density at radius 1 is 1.15 bits per heavy atom. The minimum Gasteiger partial charge on any atom is -0.367 e. The van der Waals surface area contributed by atoms with Gasteiger partial charge in [-0.05, 0) is 19.1 Å². The van der Waals surface area contributed by atoms with Crippen LogP contribution in [0.25, 0.3) is 5.65 Å². The van der Waals surface area contributed by atoms with E-state index in [1.165, 1.54) is 0 Å². The quantitative estimate of drug-likeness (QED) is 0.708. The number of fused-ring (bicyclic) bond motifs is 1. The van der Waals surface area contributed by atoms with Crippen LogP contribution in [-0.2, 0) is 0 Å². The van der Waals surface area contributed by atoms with E-state index in [9.17, 15) is 10.1 Å². The standard InChI is InChI=1S/C19H18N6O/c1-14-16(13-21-18-6-7-22-25(14)18)19(26)24-10-8-23(9-11-24)17-5-3-2-4-15(17)12-20/h2-7,13H,8-11H2,1H3. The van der Waals surface area contributed by atoms with Gasteiger partial charge in [-0.1, -0.05) is 12.1 Å². The van der Waals surface area contributed by atoms with Crippen molar-refractivity contribution in [1.29, 1.82) is 5.26 Å². The average Bonchev–Trinajstić information content (AvgIpc) is 3.18. The third-order valence-corrected chi connectivity index (χ3v) is 4.82. The average molecular weight is 346 g/mol. The van der Waals surface area contributed by atoms with Crippen LogP contribution in [-0.4, -0.2) is 51.6 Å². The Hall–Kier alpha value is -3.40. The number of hydrogen-bond donors (Lipinski definition) is 0. The summed E-state index contributed by atoms with van der Waals surface area (Å²) in [7, 11) is 0. The van der Waals surface area contributed by atoms with Crippen LogP contribution >= 0.6 is 0 Å². The van der Waals surface area contributed by atoms with E-state index in [4.69, 9.17) is 0 Å². The molecule has 1 saturated heterocycles. The molecule has 0 atom stereocenters. The first-order chi connectivity index (χ1) is 12.7. The summed E-state index contributed by atoms with van der Waals surface area (Å²) in [5.74, 6) is -0.0272. The van der Waals surface area contributed by atoms with E-state index < -0.39 is 0 Å². The van der Waals surface area contributed by atoms with Gasteiger partial charge in [0.2, 0.25) is 0 Å². The first-order valence-corrected chi connectivity index (χ1v) is 8.52. The first-order valence-electron chi connectivity index (χ1n) is 8.52. The maximum atomic E-state index is 12.9. The Balaban J connectivity index is 1.51. The fourth-order valence-corrected chi connectivity index (χ4v) is 3.37. The number of aryl methyl sites for hydroxylation is 1. The Labute approximate surface area is 151 Å². The molecule has 130 valence electrons. The zero-order valence-corrected chi connectivity index (χ0v) is 14.5. The third-order valence-electron chi connectivity index (χ3n) is 4.82. The van der Waals surface area contributed by atoms with Crippen molar-refractivity contribution in [3.8, 4) is 6.07 Å². The summed E-state index contributed by atoms with van der Waals surface area (Å²) in [5.41, 5.74) is 3.70. The summed E-state index contributed by atoms with van der Waals surface area (Å²) in [5, 5.41) is 13.5. The monoisotopic (exact) mass is 346 g/mol. The number of carbonyl (C=O) groups excluding carboxylic acids is 1. The molecular weight excluding hydrogens is 328 g/mol. The van der Waals surface area contributed by atoms with Crippen molar-refractivity contribution >= 4 is 17.2 Å². The third kappa shape index (κ3) is 2.65. The molecule has 7 nitrogen and oxygen atoms in total. The number of rotatable bonds is 2. The highest BCUT2D eigenvalue weighted by molar-refractivity contribution is 5.95. The van der Waals surface area contributed by atoms with Crippen molar-refractivity contribution in [2.24, 2.45) is 0 Å². The van der Waals surface area contributed by atoms with Crippen molar-refractivity contribution in [2.75, 3.05) is 31.1 Å². The van der Waals surface area contributed by atoms with Crippen LogP contribution in [0.5, 0.6) is 0 Å². The van der Waals surface area contributed by atoms with Gasteiger partial charge in [-0.3, -0.25) is 4.79 Å². The fourth-order valence-electron chi connectivity index (χ4n) is 3.37. The molecule has 7 heteroatoms. The van der Waals surface area contributed by atoms with Gasteiger partial charge >= 0.3 is 0 Å². The number of piperazine rings is 1. The molecule has 4 rings (SSSR count). The molecule has 26 heavy (non-hydrogen) atoms.